The van der Waals surface area contributed by atoms with Crippen molar-refractivity contribution in [2.45, 2.75) is 56.8 Å². The average Bonchev–Trinajstić information content (AvgIpc) is 3.84. The number of nitrogens with one attached hydrogen (secondary N) is 1. The van der Waals surface area contributed by atoms with Crippen molar-refractivity contribution in [2.75, 3.05) is 18.1 Å². The number of carbonyl (C=O) groups is 1. The van der Waals surface area contributed by atoms with Crippen LogP contribution in [0.15, 0.2) is 60.2 Å². The highest BCUT2D eigenvalue weighted by atomic mass is 35.5. The Morgan fingerprint density at radius 2 is 1.69 bits per heavy atom. The third kappa shape index (κ3) is 7.18. The number of benzene rings is 3. The molecule has 1 saturated heterocycles. The molecule has 238 valence electrons. The van der Waals surface area contributed by atoms with E-state index >= 15 is 0 Å². The molecule has 2 fully saturated rings. The van der Waals surface area contributed by atoms with Gasteiger partial charge in [-0.15, -0.1) is 0 Å². The number of ether oxygens (including phenoxy) is 1. The van der Waals surface area contributed by atoms with Gasteiger partial charge in [0.15, 0.2) is 21.4 Å². The molecule has 1 N–H and O–H groups in total. The number of fused-ring (bicyclic) bond motifs is 2. The van der Waals surface area contributed by atoms with Gasteiger partial charge < -0.3 is 15.0 Å². The fourth-order valence-electron chi connectivity index (χ4n) is 6.14. The highest BCUT2D eigenvalue weighted by Gasteiger charge is 2.44. The van der Waals surface area contributed by atoms with Gasteiger partial charge >= 0.3 is 0 Å². The lowest BCUT2D eigenvalue weighted by atomic mass is 9.85. The monoisotopic (exact) mass is 694 g/mol. The molecule has 2 aliphatic heterocycles. The van der Waals surface area contributed by atoms with Crippen molar-refractivity contribution in [2.24, 2.45) is 0 Å². The summed E-state index contributed by atoms with van der Waals surface area (Å²) in [6, 6.07) is 14.2. The Bertz CT molecular complexity index is 1760. The molecule has 3 aromatic carbocycles. The first-order chi connectivity index (χ1) is 21.5. The molecule has 0 spiro atoms. The van der Waals surface area contributed by atoms with E-state index in [1.807, 2.05) is 30.3 Å². The van der Waals surface area contributed by atoms with Crippen LogP contribution in [0.2, 0.25) is 15.1 Å². The Labute approximate surface area is 276 Å². The minimum atomic E-state index is -3.33. The summed E-state index contributed by atoms with van der Waals surface area (Å²) in [5.74, 6) is -2.08. The van der Waals surface area contributed by atoms with Crippen LogP contribution >= 0.6 is 34.8 Å². The number of rotatable bonds is 10. The van der Waals surface area contributed by atoms with Crippen LogP contribution in [-0.2, 0) is 27.6 Å². The molecule has 6 nitrogen and oxygen atoms in total. The van der Waals surface area contributed by atoms with Crippen LogP contribution in [-0.4, -0.2) is 55.5 Å². The van der Waals surface area contributed by atoms with Gasteiger partial charge in [0.2, 0.25) is 0 Å². The smallest absolute Gasteiger partial charge is 0.252 e. The molecule has 45 heavy (non-hydrogen) atoms. The van der Waals surface area contributed by atoms with Gasteiger partial charge in [0.1, 0.15) is 10.8 Å². The standard InChI is InChI=1S/C33H31Cl3F2N2O4S/c34-25-5-1-4-21(30(25)35)16-40(23-10-11-23)33(41)29-24(15-22-17-45(42,43)18-28(29)39-22)20-8-6-19(7-9-20)3-2-14-44-32-27(38)13-12-26(37)31(32)36/h1,4-9,12-13,22-23,28,39H,2-3,10-11,14-18H2. The van der Waals surface area contributed by atoms with Crippen molar-refractivity contribution >= 4 is 56.1 Å². The first kappa shape index (κ1) is 32.3. The van der Waals surface area contributed by atoms with Crippen LogP contribution in [0.1, 0.15) is 42.4 Å². The van der Waals surface area contributed by atoms with E-state index in [2.05, 4.69) is 5.32 Å². The van der Waals surface area contributed by atoms with E-state index in [9.17, 15) is 22.0 Å². The zero-order chi connectivity index (χ0) is 31.9. The van der Waals surface area contributed by atoms with Crippen molar-refractivity contribution in [3.63, 3.8) is 0 Å². The molecule has 1 amide bonds. The van der Waals surface area contributed by atoms with E-state index in [0.29, 0.717) is 34.9 Å². The van der Waals surface area contributed by atoms with Gasteiger partial charge in [0.05, 0.1) is 34.2 Å². The number of nitrogens with zero attached hydrogens (tertiary/aromatic N) is 1. The summed E-state index contributed by atoms with van der Waals surface area (Å²) < 4.78 is 58.7. The maximum absolute atomic E-state index is 14.4. The van der Waals surface area contributed by atoms with Gasteiger partial charge in [-0.2, -0.15) is 0 Å². The second-order valence-corrected chi connectivity index (χ2v) is 15.1. The molecule has 2 bridgehead atoms. The maximum atomic E-state index is 14.4. The van der Waals surface area contributed by atoms with E-state index in [-0.39, 0.29) is 53.4 Å². The Morgan fingerprint density at radius 1 is 0.956 bits per heavy atom. The summed E-state index contributed by atoms with van der Waals surface area (Å²) >= 11 is 18.6. The third-order valence-corrected chi connectivity index (χ3v) is 11.4. The fraction of sp³-hybridized carbons (Fsp3) is 0.364. The van der Waals surface area contributed by atoms with Crippen molar-refractivity contribution in [3.05, 3.63) is 104 Å². The van der Waals surface area contributed by atoms with E-state index < -0.39 is 27.5 Å². The largest absolute Gasteiger partial charge is 0.489 e. The molecule has 1 aliphatic carbocycles. The lowest BCUT2D eigenvalue weighted by molar-refractivity contribution is -0.128. The Morgan fingerprint density at radius 3 is 2.42 bits per heavy atom. The lowest BCUT2D eigenvalue weighted by Crippen LogP contribution is -2.57. The topological polar surface area (TPSA) is 75.7 Å². The maximum Gasteiger partial charge on any atom is 0.252 e. The van der Waals surface area contributed by atoms with E-state index in [0.717, 1.165) is 47.2 Å². The van der Waals surface area contributed by atoms with Crippen LogP contribution < -0.4 is 10.1 Å². The van der Waals surface area contributed by atoms with Crippen molar-refractivity contribution in [1.82, 2.24) is 10.2 Å². The van der Waals surface area contributed by atoms with Crippen LogP contribution in [0.4, 0.5) is 8.78 Å². The fourth-order valence-corrected chi connectivity index (χ4v) is 8.46. The first-order valence-electron chi connectivity index (χ1n) is 14.8. The molecule has 1 saturated carbocycles. The molecule has 3 aromatic rings. The lowest BCUT2D eigenvalue weighted by Gasteiger charge is -2.40. The zero-order valence-electron chi connectivity index (χ0n) is 24.2. The van der Waals surface area contributed by atoms with Crippen LogP contribution in [0.25, 0.3) is 5.57 Å². The van der Waals surface area contributed by atoms with E-state index in [1.54, 1.807) is 17.0 Å². The number of sulfone groups is 1. The summed E-state index contributed by atoms with van der Waals surface area (Å²) in [6.45, 7) is 0.414. The van der Waals surface area contributed by atoms with Crippen molar-refractivity contribution in [3.8, 4) is 5.75 Å². The average molecular weight is 696 g/mol. The van der Waals surface area contributed by atoms with Crippen molar-refractivity contribution in [1.29, 1.82) is 0 Å². The first-order valence-corrected chi connectivity index (χ1v) is 17.7. The van der Waals surface area contributed by atoms with Gasteiger partial charge in [-0.05, 0) is 72.6 Å². The zero-order valence-corrected chi connectivity index (χ0v) is 27.3. The SMILES string of the molecule is O=C(C1=C(c2ccc(CCCOc3c(F)ccc(F)c3Cl)cc2)CC2CS(=O)(=O)CC1N2)N(Cc1cccc(Cl)c1Cl)C1CC1. The van der Waals surface area contributed by atoms with Gasteiger partial charge in [-0.25, -0.2) is 17.2 Å². The summed E-state index contributed by atoms with van der Waals surface area (Å²) in [5.41, 5.74) is 3.92. The predicted molar refractivity (Wildman–Crippen MR) is 173 cm³/mol. The normalized spacial score (nSPS) is 20.6. The molecule has 6 rings (SSSR count). The quantitative estimate of drug-likeness (QED) is 0.182. The molecule has 0 aromatic heterocycles. The minimum Gasteiger partial charge on any atom is -0.489 e. The predicted octanol–water partition coefficient (Wildman–Crippen LogP) is 7.04. The Hall–Kier alpha value is -2.69. The van der Waals surface area contributed by atoms with Gasteiger partial charge in [0.25, 0.3) is 5.91 Å². The summed E-state index contributed by atoms with van der Waals surface area (Å²) in [7, 11) is -3.33. The number of halogens is 5. The van der Waals surface area contributed by atoms with E-state index in [4.69, 9.17) is 39.5 Å². The molecule has 12 heteroatoms. The second-order valence-electron chi connectivity index (χ2n) is 11.8. The van der Waals surface area contributed by atoms with Gasteiger partial charge in [-0.1, -0.05) is 71.2 Å². The minimum absolute atomic E-state index is 0.0208. The molecular formula is C33H31Cl3F2N2O4S. The van der Waals surface area contributed by atoms with Crippen LogP contribution in [0.3, 0.4) is 0 Å². The second kappa shape index (κ2) is 13.2. The van der Waals surface area contributed by atoms with Gasteiger partial charge in [-0.3, -0.25) is 4.79 Å². The molecule has 2 unspecified atom stereocenters. The number of hydrogen-bond donors (Lipinski definition) is 1. The van der Waals surface area contributed by atoms with E-state index in [1.165, 1.54) is 0 Å². The number of hydrogen-bond acceptors (Lipinski definition) is 5. The summed E-state index contributed by atoms with van der Waals surface area (Å²) in [6.07, 6.45) is 3.28. The third-order valence-electron chi connectivity index (χ3n) is 8.45. The molecule has 0 radical (unpaired) electrons. The van der Waals surface area contributed by atoms with Gasteiger partial charge in [0, 0.05) is 24.2 Å². The summed E-state index contributed by atoms with van der Waals surface area (Å²) in [5, 5.41) is 3.84. The Balaban J connectivity index is 1.24. The molecule has 3 aliphatic rings. The summed E-state index contributed by atoms with van der Waals surface area (Å²) in [4.78, 5) is 16.2. The highest BCUT2D eigenvalue weighted by Crippen LogP contribution is 2.39. The number of amides is 1. The molecule has 2 atom stereocenters. The van der Waals surface area contributed by atoms with Crippen LogP contribution in [0.5, 0.6) is 5.75 Å². The molecular weight excluding hydrogens is 665 g/mol. The number of aryl methyl sites for hydroxylation is 1. The Kier molecular flexibility index (Phi) is 9.46. The van der Waals surface area contributed by atoms with Crippen LogP contribution in [0, 0.1) is 11.6 Å². The van der Waals surface area contributed by atoms with Crippen molar-refractivity contribution < 1.29 is 26.7 Å². The highest BCUT2D eigenvalue weighted by molar-refractivity contribution is 7.91. The molecule has 2 heterocycles. The number of carbonyl (C=O) groups excluding carboxylic acids is 1.